The topological polar surface area (TPSA) is 86.6 Å². The molecule has 0 unspecified atom stereocenters. The van der Waals surface area contributed by atoms with Gasteiger partial charge in [0.1, 0.15) is 5.60 Å². The van der Waals surface area contributed by atoms with Crippen molar-refractivity contribution < 1.29 is 19.8 Å². The second-order valence-corrected chi connectivity index (χ2v) is 6.39. The van der Waals surface area contributed by atoms with Gasteiger partial charge >= 0.3 is 5.97 Å². The second-order valence-electron chi connectivity index (χ2n) is 6.39. The maximum atomic E-state index is 12.7. The van der Waals surface area contributed by atoms with E-state index in [0.717, 1.165) is 0 Å². The molecule has 0 fully saturated rings. The molecule has 26 heavy (non-hydrogen) atoms. The van der Waals surface area contributed by atoms with Crippen LogP contribution in [0.4, 0.5) is 0 Å². The van der Waals surface area contributed by atoms with Gasteiger partial charge in [-0.3, -0.25) is 9.59 Å². The molecule has 0 radical (unpaired) electrons. The molecule has 0 heterocycles. The molecule has 3 N–H and O–H groups in total. The van der Waals surface area contributed by atoms with Crippen LogP contribution in [0.3, 0.4) is 0 Å². The number of carbonyl (C=O) groups excluding carboxylic acids is 1. The third-order valence-corrected chi connectivity index (χ3v) is 3.56. The lowest BCUT2D eigenvalue weighted by atomic mass is 10.0. The average molecular weight is 351 g/mol. The minimum atomic E-state index is -1.18. The summed E-state index contributed by atoms with van der Waals surface area (Å²) in [4.78, 5) is 23.9. The maximum Gasteiger partial charge on any atom is 0.305 e. The molecule has 0 aliphatic heterocycles. The zero-order valence-corrected chi connectivity index (χ0v) is 14.7. The molecule has 5 heteroatoms. The fourth-order valence-corrected chi connectivity index (χ4v) is 2.36. The molecule has 0 aliphatic rings. The van der Waals surface area contributed by atoms with Gasteiger partial charge in [0.25, 0.3) is 5.91 Å². The molecule has 1 atom stereocenters. The summed E-state index contributed by atoms with van der Waals surface area (Å²) in [6.45, 7) is 3.11. The molecule has 134 valence electrons. The molecule has 0 aromatic heterocycles. The second kappa shape index (κ2) is 8.32. The fraction of sp³-hybridized carbons (Fsp3) is 0.238. The number of aliphatic hydroxyl groups is 1. The molecule has 2 rings (SSSR count). The largest absolute Gasteiger partial charge is 0.481 e. The first-order valence-electron chi connectivity index (χ1n) is 8.18. The Morgan fingerprint density at radius 3 is 2.31 bits per heavy atom. The van der Waals surface area contributed by atoms with Gasteiger partial charge < -0.3 is 15.5 Å². The molecule has 1 amide bonds. The van der Waals surface area contributed by atoms with E-state index in [0.29, 0.717) is 16.7 Å². The van der Waals surface area contributed by atoms with E-state index in [-0.39, 0.29) is 6.42 Å². The van der Waals surface area contributed by atoms with Crippen molar-refractivity contribution in [3.8, 4) is 11.8 Å². The first-order chi connectivity index (χ1) is 12.3. The average Bonchev–Trinajstić information content (AvgIpc) is 2.59. The number of carboxylic acid groups (broad SMARTS) is 1. The van der Waals surface area contributed by atoms with E-state index in [9.17, 15) is 14.7 Å². The van der Waals surface area contributed by atoms with Crippen LogP contribution in [0.2, 0.25) is 0 Å². The van der Waals surface area contributed by atoms with Crippen molar-refractivity contribution in [2.24, 2.45) is 0 Å². The highest BCUT2D eigenvalue weighted by Crippen LogP contribution is 2.18. The summed E-state index contributed by atoms with van der Waals surface area (Å²) in [6.07, 6.45) is -0.229. The fourth-order valence-electron chi connectivity index (χ4n) is 2.36. The van der Waals surface area contributed by atoms with E-state index in [4.69, 9.17) is 5.11 Å². The predicted molar refractivity (Wildman–Crippen MR) is 98.5 cm³/mol. The van der Waals surface area contributed by atoms with Crippen molar-refractivity contribution in [2.75, 3.05) is 0 Å². The van der Waals surface area contributed by atoms with Gasteiger partial charge in [0.05, 0.1) is 18.0 Å². The number of carboxylic acids is 1. The normalized spacial score (nSPS) is 11.8. The van der Waals surface area contributed by atoms with Crippen LogP contribution in [0.5, 0.6) is 0 Å². The van der Waals surface area contributed by atoms with Crippen molar-refractivity contribution >= 4 is 11.9 Å². The van der Waals surface area contributed by atoms with Crippen LogP contribution in [0.15, 0.2) is 54.6 Å². The van der Waals surface area contributed by atoms with Crippen LogP contribution in [0, 0.1) is 11.8 Å². The number of aliphatic carboxylic acids is 1. The summed E-state index contributed by atoms with van der Waals surface area (Å²) in [5.74, 6) is 4.07. The monoisotopic (exact) mass is 351 g/mol. The van der Waals surface area contributed by atoms with E-state index in [1.807, 2.05) is 6.07 Å². The summed E-state index contributed by atoms with van der Waals surface area (Å²) >= 11 is 0. The van der Waals surface area contributed by atoms with Crippen molar-refractivity contribution in [3.05, 3.63) is 71.3 Å². The van der Waals surface area contributed by atoms with Crippen LogP contribution < -0.4 is 5.32 Å². The van der Waals surface area contributed by atoms with Crippen molar-refractivity contribution in [1.29, 1.82) is 0 Å². The summed E-state index contributed by atoms with van der Waals surface area (Å²) in [5.41, 5.74) is 0.326. The number of nitrogens with one attached hydrogen (secondary N) is 1. The van der Waals surface area contributed by atoms with Gasteiger partial charge in [-0.25, -0.2) is 0 Å². The highest BCUT2D eigenvalue weighted by Gasteiger charge is 2.20. The third kappa shape index (κ3) is 5.76. The van der Waals surface area contributed by atoms with E-state index in [1.165, 1.54) is 0 Å². The summed E-state index contributed by atoms with van der Waals surface area (Å²) < 4.78 is 0. The Kier molecular flexibility index (Phi) is 6.16. The molecular formula is C21H21NO4. The van der Waals surface area contributed by atoms with Gasteiger partial charge in [-0.1, -0.05) is 54.3 Å². The highest BCUT2D eigenvalue weighted by atomic mass is 16.4. The van der Waals surface area contributed by atoms with E-state index in [2.05, 4.69) is 17.2 Å². The molecule has 0 saturated heterocycles. The quantitative estimate of drug-likeness (QED) is 0.723. The van der Waals surface area contributed by atoms with E-state index >= 15 is 0 Å². The molecule has 2 aromatic rings. The van der Waals surface area contributed by atoms with E-state index < -0.39 is 23.5 Å². The highest BCUT2D eigenvalue weighted by molar-refractivity contribution is 5.97. The van der Waals surface area contributed by atoms with Gasteiger partial charge in [-0.05, 0) is 31.5 Å². The van der Waals surface area contributed by atoms with Crippen LogP contribution in [-0.4, -0.2) is 27.7 Å². The Morgan fingerprint density at radius 1 is 1.08 bits per heavy atom. The summed E-state index contributed by atoms with van der Waals surface area (Å²) in [5, 5.41) is 21.7. The SMILES string of the molecule is CC(C)(O)C#Cc1ccccc1C(=O)N[C@H](CC(=O)O)c1ccccc1. The number of amides is 1. The first kappa shape index (κ1) is 19.2. The Bertz CT molecular complexity index is 842. The van der Waals surface area contributed by atoms with Crippen molar-refractivity contribution in [1.82, 2.24) is 5.32 Å². The Hall–Kier alpha value is -3.10. The minimum Gasteiger partial charge on any atom is -0.481 e. The Labute approximate surface area is 152 Å². The Morgan fingerprint density at radius 2 is 1.69 bits per heavy atom. The van der Waals surface area contributed by atoms with E-state index in [1.54, 1.807) is 62.4 Å². The molecule has 0 spiro atoms. The minimum absolute atomic E-state index is 0.229. The molecular weight excluding hydrogens is 330 g/mol. The Balaban J connectivity index is 2.30. The lowest BCUT2D eigenvalue weighted by molar-refractivity contribution is -0.137. The third-order valence-electron chi connectivity index (χ3n) is 3.56. The summed E-state index contributed by atoms with van der Waals surface area (Å²) in [6, 6.07) is 15.0. The van der Waals surface area contributed by atoms with Gasteiger partial charge in [0.15, 0.2) is 0 Å². The van der Waals surface area contributed by atoms with Crippen molar-refractivity contribution in [2.45, 2.75) is 31.9 Å². The van der Waals surface area contributed by atoms with Gasteiger partial charge in [0.2, 0.25) is 0 Å². The summed E-state index contributed by atoms with van der Waals surface area (Å²) in [7, 11) is 0. The van der Waals surface area contributed by atoms with Crippen LogP contribution >= 0.6 is 0 Å². The number of hydrogen-bond acceptors (Lipinski definition) is 3. The zero-order valence-electron chi connectivity index (χ0n) is 14.7. The van der Waals surface area contributed by atoms with Crippen LogP contribution in [-0.2, 0) is 4.79 Å². The van der Waals surface area contributed by atoms with Gasteiger partial charge in [0, 0.05) is 5.56 Å². The lowest BCUT2D eigenvalue weighted by Crippen LogP contribution is -2.30. The van der Waals surface area contributed by atoms with Gasteiger partial charge in [-0.2, -0.15) is 0 Å². The van der Waals surface area contributed by atoms with Gasteiger partial charge in [-0.15, -0.1) is 0 Å². The molecule has 0 aliphatic carbocycles. The van der Waals surface area contributed by atoms with Crippen LogP contribution in [0.25, 0.3) is 0 Å². The smallest absolute Gasteiger partial charge is 0.305 e. The maximum absolute atomic E-state index is 12.7. The standard InChI is InChI=1S/C21H21NO4/c1-21(2,26)13-12-15-8-6-7-11-17(15)20(25)22-18(14-19(23)24)16-9-4-3-5-10-16/h3-11,18,26H,14H2,1-2H3,(H,22,25)(H,23,24)/t18-/m1/s1. The zero-order chi connectivity index (χ0) is 19.2. The van der Waals surface area contributed by atoms with Crippen molar-refractivity contribution in [3.63, 3.8) is 0 Å². The number of benzene rings is 2. The van der Waals surface area contributed by atoms with Crippen LogP contribution in [0.1, 0.15) is 47.8 Å². The number of hydrogen-bond donors (Lipinski definition) is 3. The molecule has 0 bridgehead atoms. The molecule has 2 aromatic carbocycles. The number of rotatable bonds is 5. The number of carbonyl (C=O) groups is 2. The molecule has 0 saturated carbocycles. The first-order valence-corrected chi connectivity index (χ1v) is 8.18. The lowest BCUT2D eigenvalue weighted by Gasteiger charge is -2.18. The molecule has 5 nitrogen and oxygen atoms in total. The predicted octanol–water partition coefficient (Wildman–Crippen LogP) is 2.75.